The zero-order chi connectivity index (χ0) is 10.9. The van der Waals surface area contributed by atoms with E-state index in [1.807, 2.05) is 4.90 Å². The summed E-state index contributed by atoms with van der Waals surface area (Å²) in [4.78, 5) is 13.9. The lowest BCUT2D eigenvalue weighted by atomic mass is 10.00. The van der Waals surface area contributed by atoms with Crippen LogP contribution in [0.15, 0.2) is 0 Å². The quantitative estimate of drug-likeness (QED) is 0.749. The number of carbonyl (C=O) groups excluding carboxylic acids is 1. The van der Waals surface area contributed by atoms with Crippen LogP contribution >= 0.6 is 0 Å². The Morgan fingerprint density at radius 3 is 2.67 bits per heavy atom. The van der Waals surface area contributed by atoms with E-state index >= 15 is 0 Å². The summed E-state index contributed by atoms with van der Waals surface area (Å²) in [7, 11) is 0. The fourth-order valence-electron chi connectivity index (χ4n) is 2.66. The number of hydrogen-bond donors (Lipinski definition) is 1. The summed E-state index contributed by atoms with van der Waals surface area (Å²) in [6.07, 6.45) is 6.08. The predicted molar refractivity (Wildman–Crippen MR) is 60.4 cm³/mol. The van der Waals surface area contributed by atoms with Crippen molar-refractivity contribution in [2.24, 2.45) is 5.41 Å². The smallest absolute Gasteiger partial charge is 0.240 e. The minimum absolute atomic E-state index is 0.0856. The molecule has 1 unspecified atom stereocenters. The molecular weight excluding hydrogens is 188 g/mol. The van der Waals surface area contributed by atoms with E-state index in [1.54, 1.807) is 0 Å². The number of hydrogen-bond acceptors (Lipinski definition) is 2. The first-order valence-electron chi connectivity index (χ1n) is 6.23. The molecule has 3 nitrogen and oxygen atoms in total. The summed E-state index contributed by atoms with van der Waals surface area (Å²) in [5.74, 6) is 0.319. The van der Waals surface area contributed by atoms with E-state index in [0.29, 0.717) is 11.3 Å². The van der Waals surface area contributed by atoms with Gasteiger partial charge in [0.1, 0.15) is 0 Å². The van der Waals surface area contributed by atoms with E-state index in [1.165, 1.54) is 25.7 Å². The molecule has 2 rings (SSSR count). The van der Waals surface area contributed by atoms with Gasteiger partial charge in [-0.3, -0.25) is 10.1 Å². The topological polar surface area (TPSA) is 32.3 Å². The van der Waals surface area contributed by atoms with Crippen LogP contribution in [0.4, 0.5) is 0 Å². The largest absolute Gasteiger partial charge is 0.328 e. The maximum atomic E-state index is 11.9. The SMILES string of the molecule is CCCC1(CN2CNC(CC)C2=O)CC1. The van der Waals surface area contributed by atoms with Crippen molar-refractivity contribution in [3.63, 3.8) is 0 Å². The van der Waals surface area contributed by atoms with Crippen molar-refractivity contribution >= 4 is 5.91 Å². The molecule has 3 heteroatoms. The van der Waals surface area contributed by atoms with E-state index < -0.39 is 0 Å². The Balaban J connectivity index is 1.88. The molecule has 0 aromatic rings. The average Bonchev–Trinajstić information content (AvgIpc) is 2.88. The lowest BCUT2D eigenvalue weighted by molar-refractivity contribution is -0.129. The summed E-state index contributed by atoms with van der Waals surface area (Å²) in [5.41, 5.74) is 0.495. The summed E-state index contributed by atoms with van der Waals surface area (Å²) < 4.78 is 0. The summed E-state index contributed by atoms with van der Waals surface area (Å²) >= 11 is 0. The van der Waals surface area contributed by atoms with Crippen molar-refractivity contribution in [1.29, 1.82) is 0 Å². The number of carbonyl (C=O) groups is 1. The maximum absolute atomic E-state index is 11.9. The highest BCUT2D eigenvalue weighted by molar-refractivity contribution is 5.83. The van der Waals surface area contributed by atoms with Gasteiger partial charge in [0, 0.05) is 6.54 Å². The molecule has 2 aliphatic rings. The maximum Gasteiger partial charge on any atom is 0.240 e. The second-order valence-corrected chi connectivity index (χ2v) is 5.11. The molecule has 1 saturated carbocycles. The molecule has 1 N–H and O–H groups in total. The average molecular weight is 210 g/mol. The van der Waals surface area contributed by atoms with Gasteiger partial charge in [0.15, 0.2) is 0 Å². The Labute approximate surface area is 92.2 Å². The molecule has 2 fully saturated rings. The second kappa shape index (κ2) is 4.12. The molecule has 1 aliphatic heterocycles. The lowest BCUT2D eigenvalue weighted by Gasteiger charge is -2.22. The van der Waals surface area contributed by atoms with Crippen molar-refractivity contribution in [2.75, 3.05) is 13.2 Å². The van der Waals surface area contributed by atoms with Gasteiger partial charge in [-0.15, -0.1) is 0 Å². The van der Waals surface area contributed by atoms with Gasteiger partial charge in [-0.1, -0.05) is 20.3 Å². The molecule has 1 atom stereocenters. The van der Waals surface area contributed by atoms with Crippen LogP contribution in [0.3, 0.4) is 0 Å². The first kappa shape index (κ1) is 10.9. The molecule has 1 aliphatic carbocycles. The fourth-order valence-corrected chi connectivity index (χ4v) is 2.66. The molecule has 0 radical (unpaired) electrons. The highest BCUT2D eigenvalue weighted by Crippen LogP contribution is 2.50. The van der Waals surface area contributed by atoms with Crippen molar-refractivity contribution in [3.8, 4) is 0 Å². The predicted octanol–water partition coefficient (Wildman–Crippen LogP) is 1.73. The Bertz CT molecular complexity index is 248. The molecule has 1 amide bonds. The zero-order valence-electron chi connectivity index (χ0n) is 9.88. The van der Waals surface area contributed by atoms with Crippen LogP contribution in [0.1, 0.15) is 46.0 Å². The van der Waals surface area contributed by atoms with Gasteiger partial charge in [-0.2, -0.15) is 0 Å². The van der Waals surface area contributed by atoms with Crippen molar-refractivity contribution < 1.29 is 4.79 Å². The molecule has 1 saturated heterocycles. The van der Waals surface area contributed by atoms with Crippen LogP contribution in [-0.4, -0.2) is 30.1 Å². The fraction of sp³-hybridized carbons (Fsp3) is 0.917. The molecule has 1 heterocycles. The summed E-state index contributed by atoms with van der Waals surface area (Å²) in [5, 5.41) is 3.27. The first-order valence-corrected chi connectivity index (χ1v) is 6.23. The third-order valence-corrected chi connectivity index (χ3v) is 3.81. The van der Waals surface area contributed by atoms with E-state index in [-0.39, 0.29) is 6.04 Å². The summed E-state index contributed by atoms with van der Waals surface area (Å²) in [6.45, 7) is 6.06. The van der Waals surface area contributed by atoms with E-state index in [4.69, 9.17) is 0 Å². The first-order chi connectivity index (χ1) is 7.21. The van der Waals surface area contributed by atoms with Crippen LogP contribution in [0, 0.1) is 5.41 Å². The van der Waals surface area contributed by atoms with Crippen molar-refractivity contribution in [2.45, 2.75) is 52.0 Å². The van der Waals surface area contributed by atoms with Crippen LogP contribution in [0.5, 0.6) is 0 Å². The van der Waals surface area contributed by atoms with Gasteiger partial charge in [0.2, 0.25) is 5.91 Å². The van der Waals surface area contributed by atoms with Gasteiger partial charge in [0.05, 0.1) is 12.7 Å². The van der Waals surface area contributed by atoms with Crippen LogP contribution < -0.4 is 5.32 Å². The van der Waals surface area contributed by atoms with E-state index in [0.717, 1.165) is 19.6 Å². The monoisotopic (exact) mass is 210 g/mol. The number of amides is 1. The number of nitrogens with zero attached hydrogens (tertiary/aromatic N) is 1. The van der Waals surface area contributed by atoms with Gasteiger partial charge in [-0.25, -0.2) is 0 Å². The molecule has 0 bridgehead atoms. The van der Waals surface area contributed by atoms with Crippen LogP contribution in [0.25, 0.3) is 0 Å². The second-order valence-electron chi connectivity index (χ2n) is 5.11. The highest BCUT2D eigenvalue weighted by atomic mass is 16.2. The minimum Gasteiger partial charge on any atom is -0.328 e. The Morgan fingerprint density at radius 1 is 1.47 bits per heavy atom. The third-order valence-electron chi connectivity index (χ3n) is 3.81. The zero-order valence-corrected chi connectivity index (χ0v) is 9.88. The summed E-state index contributed by atoms with van der Waals surface area (Å²) in [6, 6.07) is 0.0856. The van der Waals surface area contributed by atoms with Crippen LogP contribution in [-0.2, 0) is 4.79 Å². The Morgan fingerprint density at radius 2 is 2.20 bits per heavy atom. The van der Waals surface area contributed by atoms with Gasteiger partial charge < -0.3 is 4.90 Å². The molecule has 0 aromatic carbocycles. The van der Waals surface area contributed by atoms with E-state index in [9.17, 15) is 4.79 Å². The Kier molecular flexibility index (Phi) is 3.01. The molecule has 86 valence electrons. The normalized spacial score (nSPS) is 28.5. The minimum atomic E-state index is 0.0856. The number of rotatable bonds is 5. The molecule has 15 heavy (non-hydrogen) atoms. The van der Waals surface area contributed by atoms with Gasteiger partial charge in [-0.05, 0) is 31.1 Å². The standard InChI is InChI=1S/C12H22N2O/c1-3-5-12(6-7-12)8-14-9-13-10(4-2)11(14)15/h10,13H,3-9H2,1-2H3. The van der Waals surface area contributed by atoms with Crippen molar-refractivity contribution in [1.82, 2.24) is 10.2 Å². The Hall–Kier alpha value is -0.570. The van der Waals surface area contributed by atoms with E-state index in [2.05, 4.69) is 19.2 Å². The molecular formula is C12H22N2O. The van der Waals surface area contributed by atoms with Crippen molar-refractivity contribution in [3.05, 3.63) is 0 Å². The highest BCUT2D eigenvalue weighted by Gasteiger charge is 2.45. The van der Waals surface area contributed by atoms with Gasteiger partial charge >= 0.3 is 0 Å². The molecule has 0 spiro atoms. The molecule has 0 aromatic heterocycles. The van der Waals surface area contributed by atoms with Gasteiger partial charge in [0.25, 0.3) is 0 Å². The number of nitrogens with one attached hydrogen (secondary N) is 1. The lowest BCUT2D eigenvalue weighted by Crippen LogP contribution is -2.34. The third kappa shape index (κ3) is 2.17. The van der Waals surface area contributed by atoms with Crippen LogP contribution in [0.2, 0.25) is 0 Å².